The zero-order valence-electron chi connectivity index (χ0n) is 10.1. The van der Waals surface area contributed by atoms with E-state index < -0.39 is 5.97 Å². The van der Waals surface area contributed by atoms with E-state index in [4.69, 9.17) is 9.84 Å². The fourth-order valence-electron chi connectivity index (χ4n) is 2.32. The molecule has 96 valence electrons. The number of carboxylic acids is 1. The van der Waals surface area contributed by atoms with Crippen molar-refractivity contribution in [1.82, 2.24) is 4.90 Å². The number of rotatable bonds is 4. The van der Waals surface area contributed by atoms with E-state index in [0.717, 1.165) is 12.8 Å². The number of hydrogen-bond acceptors (Lipinski definition) is 3. The van der Waals surface area contributed by atoms with Crippen molar-refractivity contribution in [3.8, 4) is 0 Å². The summed E-state index contributed by atoms with van der Waals surface area (Å²) in [6.07, 6.45) is 1.92. The van der Waals surface area contributed by atoms with E-state index in [2.05, 4.69) is 0 Å². The molecule has 0 spiro atoms. The summed E-state index contributed by atoms with van der Waals surface area (Å²) in [5.41, 5.74) is 0. The van der Waals surface area contributed by atoms with Crippen molar-refractivity contribution in [3.63, 3.8) is 0 Å². The highest BCUT2D eigenvalue weighted by Crippen LogP contribution is 2.37. The Bertz CT molecular complexity index is 314. The Kier molecular flexibility index (Phi) is 3.66. The molecule has 2 fully saturated rings. The van der Waals surface area contributed by atoms with Crippen molar-refractivity contribution in [1.29, 1.82) is 0 Å². The van der Waals surface area contributed by atoms with Gasteiger partial charge in [-0.05, 0) is 18.8 Å². The third-order valence-electron chi connectivity index (χ3n) is 3.57. The molecule has 1 aliphatic heterocycles. The number of ether oxygens (including phenoxy) is 1. The molecule has 1 heterocycles. The van der Waals surface area contributed by atoms with Gasteiger partial charge in [-0.2, -0.15) is 0 Å². The van der Waals surface area contributed by atoms with E-state index in [1.165, 1.54) is 0 Å². The van der Waals surface area contributed by atoms with Gasteiger partial charge in [-0.1, -0.05) is 6.92 Å². The Balaban J connectivity index is 1.87. The number of amides is 1. The highest BCUT2D eigenvalue weighted by atomic mass is 16.5. The fraction of sp³-hybridized carbons (Fsp3) is 0.833. The first-order chi connectivity index (χ1) is 8.08. The molecule has 2 atom stereocenters. The molecule has 1 saturated heterocycles. The van der Waals surface area contributed by atoms with E-state index in [0.29, 0.717) is 25.6 Å². The van der Waals surface area contributed by atoms with Crippen LogP contribution in [0.3, 0.4) is 0 Å². The van der Waals surface area contributed by atoms with Gasteiger partial charge < -0.3 is 14.7 Å². The van der Waals surface area contributed by atoms with Crippen LogP contribution < -0.4 is 0 Å². The Labute approximate surface area is 101 Å². The zero-order valence-corrected chi connectivity index (χ0v) is 10.1. The SMILES string of the molecule is CC(C(=O)N1CCOC(CC(=O)O)C1)C1CC1. The first kappa shape index (κ1) is 12.4. The maximum atomic E-state index is 12.1. The van der Waals surface area contributed by atoms with Gasteiger partial charge in [0.1, 0.15) is 0 Å². The van der Waals surface area contributed by atoms with Gasteiger partial charge in [0.15, 0.2) is 0 Å². The van der Waals surface area contributed by atoms with Crippen molar-refractivity contribution in [2.45, 2.75) is 32.3 Å². The number of hydrogen-bond donors (Lipinski definition) is 1. The fourth-order valence-corrected chi connectivity index (χ4v) is 2.32. The molecule has 0 bridgehead atoms. The van der Waals surface area contributed by atoms with Crippen LogP contribution in [0.25, 0.3) is 0 Å². The Hall–Kier alpha value is -1.10. The first-order valence-electron chi connectivity index (χ1n) is 6.20. The van der Waals surface area contributed by atoms with Crippen molar-refractivity contribution in [2.75, 3.05) is 19.7 Å². The molecular formula is C12H19NO4. The molecule has 0 aromatic carbocycles. The molecule has 5 nitrogen and oxygen atoms in total. The number of carboxylic acid groups (broad SMARTS) is 1. The summed E-state index contributed by atoms with van der Waals surface area (Å²) in [6, 6.07) is 0. The second-order valence-electron chi connectivity index (χ2n) is 5.00. The molecule has 5 heteroatoms. The minimum absolute atomic E-state index is 0.0262. The molecule has 2 rings (SSSR count). The standard InChI is InChI=1S/C12H19NO4/c1-8(9-2-3-9)12(16)13-4-5-17-10(7-13)6-11(14)15/h8-10H,2-7H2,1H3,(H,14,15). The van der Waals surface area contributed by atoms with Gasteiger partial charge in [0, 0.05) is 19.0 Å². The summed E-state index contributed by atoms with van der Waals surface area (Å²) >= 11 is 0. The van der Waals surface area contributed by atoms with E-state index in [-0.39, 0.29) is 24.3 Å². The second kappa shape index (κ2) is 5.04. The first-order valence-corrected chi connectivity index (χ1v) is 6.20. The Morgan fingerprint density at radius 3 is 2.76 bits per heavy atom. The lowest BCUT2D eigenvalue weighted by molar-refractivity contribution is -0.149. The summed E-state index contributed by atoms with van der Waals surface area (Å²) in [4.78, 5) is 24.5. The summed E-state index contributed by atoms with van der Waals surface area (Å²) in [5, 5.41) is 8.71. The van der Waals surface area contributed by atoms with Crippen molar-refractivity contribution in [2.24, 2.45) is 11.8 Å². The zero-order chi connectivity index (χ0) is 12.4. The smallest absolute Gasteiger partial charge is 0.306 e. The number of aliphatic carboxylic acids is 1. The topological polar surface area (TPSA) is 66.8 Å². The van der Waals surface area contributed by atoms with Crippen LogP contribution in [0.2, 0.25) is 0 Å². The third-order valence-corrected chi connectivity index (χ3v) is 3.57. The molecule has 1 aliphatic carbocycles. The molecule has 1 saturated carbocycles. The minimum Gasteiger partial charge on any atom is -0.481 e. The molecule has 17 heavy (non-hydrogen) atoms. The average Bonchev–Trinajstić information content (AvgIpc) is 3.10. The van der Waals surface area contributed by atoms with Gasteiger partial charge in [0.05, 0.1) is 19.1 Å². The van der Waals surface area contributed by atoms with Crippen LogP contribution in [0, 0.1) is 11.8 Å². The third kappa shape index (κ3) is 3.19. The van der Waals surface area contributed by atoms with Crippen molar-refractivity contribution >= 4 is 11.9 Å². The van der Waals surface area contributed by atoms with Crippen LogP contribution in [0.1, 0.15) is 26.2 Å². The molecule has 0 radical (unpaired) electrons. The molecule has 1 N–H and O–H groups in total. The number of carbonyl (C=O) groups excluding carboxylic acids is 1. The van der Waals surface area contributed by atoms with Gasteiger partial charge >= 0.3 is 5.97 Å². The number of morpholine rings is 1. The lowest BCUT2D eigenvalue weighted by atomic mass is 10.0. The van der Waals surface area contributed by atoms with E-state index in [1.807, 2.05) is 6.92 Å². The summed E-state index contributed by atoms with van der Waals surface area (Å²) in [5.74, 6) is -0.0902. The van der Waals surface area contributed by atoms with Gasteiger partial charge in [-0.15, -0.1) is 0 Å². The molecular weight excluding hydrogens is 222 g/mol. The summed E-state index contributed by atoms with van der Waals surface area (Å²) in [7, 11) is 0. The monoisotopic (exact) mass is 241 g/mol. The average molecular weight is 241 g/mol. The molecule has 0 aromatic heterocycles. The Morgan fingerprint density at radius 1 is 1.47 bits per heavy atom. The van der Waals surface area contributed by atoms with Crippen LogP contribution in [0.5, 0.6) is 0 Å². The molecule has 0 aromatic rings. The predicted octanol–water partition coefficient (Wildman–Crippen LogP) is 0.735. The molecule has 2 aliphatic rings. The lowest BCUT2D eigenvalue weighted by Gasteiger charge is -2.34. The number of nitrogens with zero attached hydrogens (tertiary/aromatic N) is 1. The maximum absolute atomic E-state index is 12.1. The van der Waals surface area contributed by atoms with Gasteiger partial charge in [0.25, 0.3) is 0 Å². The largest absolute Gasteiger partial charge is 0.481 e. The summed E-state index contributed by atoms with van der Waals surface area (Å²) < 4.78 is 5.35. The molecule has 1 amide bonds. The van der Waals surface area contributed by atoms with Crippen LogP contribution in [-0.4, -0.2) is 47.7 Å². The van der Waals surface area contributed by atoms with Crippen molar-refractivity contribution in [3.05, 3.63) is 0 Å². The van der Waals surface area contributed by atoms with E-state index in [9.17, 15) is 9.59 Å². The van der Waals surface area contributed by atoms with Crippen LogP contribution in [0.15, 0.2) is 0 Å². The summed E-state index contributed by atoms with van der Waals surface area (Å²) in [6.45, 7) is 3.43. The maximum Gasteiger partial charge on any atom is 0.306 e. The Morgan fingerprint density at radius 2 is 2.18 bits per heavy atom. The normalized spacial score (nSPS) is 26.6. The van der Waals surface area contributed by atoms with Gasteiger partial charge in [-0.3, -0.25) is 9.59 Å². The van der Waals surface area contributed by atoms with Crippen LogP contribution in [0.4, 0.5) is 0 Å². The van der Waals surface area contributed by atoms with Crippen LogP contribution in [-0.2, 0) is 14.3 Å². The van der Waals surface area contributed by atoms with E-state index in [1.54, 1.807) is 4.90 Å². The van der Waals surface area contributed by atoms with Crippen molar-refractivity contribution < 1.29 is 19.4 Å². The minimum atomic E-state index is -0.875. The second-order valence-corrected chi connectivity index (χ2v) is 5.00. The highest BCUT2D eigenvalue weighted by Gasteiger charge is 2.36. The van der Waals surface area contributed by atoms with Gasteiger partial charge in [0.2, 0.25) is 5.91 Å². The number of carbonyl (C=O) groups is 2. The van der Waals surface area contributed by atoms with Crippen LogP contribution >= 0.6 is 0 Å². The van der Waals surface area contributed by atoms with Gasteiger partial charge in [-0.25, -0.2) is 0 Å². The van der Waals surface area contributed by atoms with E-state index >= 15 is 0 Å². The highest BCUT2D eigenvalue weighted by molar-refractivity contribution is 5.79. The lowest BCUT2D eigenvalue weighted by Crippen LogP contribution is -2.48. The quantitative estimate of drug-likeness (QED) is 0.788. The predicted molar refractivity (Wildman–Crippen MR) is 60.5 cm³/mol. The molecule has 2 unspecified atom stereocenters.